The van der Waals surface area contributed by atoms with E-state index < -0.39 is 31.3 Å². The molecule has 0 saturated carbocycles. The van der Waals surface area contributed by atoms with Gasteiger partial charge in [0.2, 0.25) is 5.91 Å². The van der Waals surface area contributed by atoms with Gasteiger partial charge in [0, 0.05) is 18.2 Å². The van der Waals surface area contributed by atoms with Crippen LogP contribution in [0.2, 0.25) is 0 Å². The van der Waals surface area contributed by atoms with Crippen LogP contribution in [0.25, 0.3) is 0 Å². The SMILES string of the molecule is CC(=O)Nc1c(C)c(C[NH+]([O-])CC(O)CO)c(C)c(C([O-])=NCC(O)CO)c1C. The van der Waals surface area contributed by atoms with Crippen molar-refractivity contribution in [2.24, 2.45) is 4.99 Å². The summed E-state index contributed by atoms with van der Waals surface area (Å²) >= 11 is 0. The molecule has 0 aliphatic heterocycles. The largest absolute Gasteiger partial charge is 0.858 e. The number of carbonyl (C=O) groups excluding carboxylic acids is 1. The Labute approximate surface area is 169 Å². The normalized spacial score (nSPS) is 15.1. The van der Waals surface area contributed by atoms with Gasteiger partial charge in [-0.05, 0) is 48.9 Å². The first-order valence-corrected chi connectivity index (χ1v) is 9.24. The van der Waals surface area contributed by atoms with Gasteiger partial charge >= 0.3 is 0 Å². The molecule has 0 saturated heterocycles. The lowest BCUT2D eigenvalue weighted by Crippen LogP contribution is -3.07. The highest BCUT2D eigenvalue weighted by atomic mass is 16.5. The minimum absolute atomic E-state index is 0.0961. The van der Waals surface area contributed by atoms with Crippen LogP contribution in [0.15, 0.2) is 4.99 Å². The second kappa shape index (κ2) is 11.2. The smallest absolute Gasteiger partial charge is 0.221 e. The number of anilines is 1. The molecule has 10 nitrogen and oxygen atoms in total. The molecule has 1 amide bonds. The van der Waals surface area contributed by atoms with Crippen LogP contribution in [0.1, 0.15) is 34.7 Å². The van der Waals surface area contributed by atoms with Gasteiger partial charge in [-0.1, -0.05) is 0 Å². The van der Waals surface area contributed by atoms with Crippen molar-refractivity contribution in [3.8, 4) is 0 Å². The molecule has 0 aliphatic carbocycles. The lowest BCUT2D eigenvalue weighted by Gasteiger charge is -2.29. The Hall–Kier alpha value is -2.08. The van der Waals surface area contributed by atoms with E-state index in [-0.39, 0.29) is 36.2 Å². The molecule has 0 aromatic heterocycles. The molecule has 1 rings (SSSR count). The van der Waals surface area contributed by atoms with E-state index in [1.54, 1.807) is 20.8 Å². The Morgan fingerprint density at radius 2 is 1.69 bits per heavy atom. The van der Waals surface area contributed by atoms with Crippen molar-refractivity contribution in [2.45, 2.75) is 46.4 Å². The highest BCUT2D eigenvalue weighted by Gasteiger charge is 2.20. The number of rotatable bonds is 10. The summed E-state index contributed by atoms with van der Waals surface area (Å²) in [5.74, 6) is -0.984. The number of quaternary nitrogens is 1. The van der Waals surface area contributed by atoms with E-state index in [4.69, 9.17) is 10.2 Å². The van der Waals surface area contributed by atoms with E-state index >= 15 is 0 Å². The van der Waals surface area contributed by atoms with Crippen LogP contribution in [0.4, 0.5) is 5.69 Å². The minimum Gasteiger partial charge on any atom is -0.858 e. The van der Waals surface area contributed by atoms with Crippen molar-refractivity contribution in [3.63, 3.8) is 0 Å². The molecule has 0 heterocycles. The standard InChI is InChI=1S/C19H31N3O7/c1-10-16(7-22(29)6-15(27)9-24)11(2)18(21-13(4)25)12(3)17(10)19(28)20-5-14(26)8-23/h14-15,22-24,26-27H,5-9H2,1-4H3,(H,20,28)(H,21,25)/p-1. The lowest BCUT2D eigenvalue weighted by molar-refractivity contribution is -0.866. The Morgan fingerprint density at radius 3 is 2.21 bits per heavy atom. The molecule has 1 aromatic carbocycles. The van der Waals surface area contributed by atoms with E-state index in [9.17, 15) is 25.3 Å². The summed E-state index contributed by atoms with van der Waals surface area (Å²) < 4.78 is 0. The van der Waals surface area contributed by atoms with Gasteiger partial charge in [-0.3, -0.25) is 9.79 Å². The number of hydroxylamine groups is 2. The van der Waals surface area contributed by atoms with Crippen molar-refractivity contribution in [1.29, 1.82) is 0 Å². The second-order valence-corrected chi connectivity index (χ2v) is 7.02. The Bertz CT molecular complexity index is 752. The summed E-state index contributed by atoms with van der Waals surface area (Å²) in [7, 11) is 0. The maximum absolute atomic E-state index is 12.7. The van der Waals surface area contributed by atoms with Crippen LogP contribution in [0.3, 0.4) is 0 Å². The van der Waals surface area contributed by atoms with Gasteiger partial charge in [0.25, 0.3) is 0 Å². The maximum atomic E-state index is 12.7. The highest BCUT2D eigenvalue weighted by Crippen LogP contribution is 2.31. The molecular formula is C19H30N3O7-. The number of benzene rings is 1. The van der Waals surface area contributed by atoms with Gasteiger partial charge in [0.05, 0.1) is 25.9 Å². The lowest BCUT2D eigenvalue weighted by atomic mass is 9.90. The highest BCUT2D eigenvalue weighted by molar-refractivity contribution is 5.99. The second-order valence-electron chi connectivity index (χ2n) is 7.02. The first-order valence-electron chi connectivity index (χ1n) is 9.24. The summed E-state index contributed by atoms with van der Waals surface area (Å²) in [5, 5.41) is 64.1. The molecule has 1 aromatic rings. The van der Waals surface area contributed by atoms with E-state index in [0.717, 1.165) is 0 Å². The molecule has 0 fully saturated rings. The number of hydrogen-bond donors (Lipinski definition) is 6. The summed E-state index contributed by atoms with van der Waals surface area (Å²) in [5.41, 5.74) is 2.73. The van der Waals surface area contributed by atoms with E-state index in [0.29, 0.717) is 27.9 Å². The van der Waals surface area contributed by atoms with E-state index in [1.807, 2.05) is 0 Å². The molecule has 0 bridgehead atoms. The zero-order valence-corrected chi connectivity index (χ0v) is 17.2. The third-order valence-corrected chi connectivity index (χ3v) is 4.62. The Balaban J connectivity index is 3.49. The van der Waals surface area contributed by atoms with Crippen LogP contribution in [-0.2, 0) is 11.3 Å². The van der Waals surface area contributed by atoms with Crippen LogP contribution in [0.5, 0.6) is 0 Å². The monoisotopic (exact) mass is 412 g/mol. The predicted molar refractivity (Wildman–Crippen MR) is 105 cm³/mol. The number of nitrogens with zero attached hydrogens (tertiary/aromatic N) is 1. The number of nitrogens with one attached hydrogen (secondary N) is 2. The number of carbonyl (C=O) groups is 1. The molecule has 10 heteroatoms. The average molecular weight is 412 g/mol. The maximum Gasteiger partial charge on any atom is 0.221 e. The van der Waals surface area contributed by atoms with Gasteiger partial charge in [-0.25, -0.2) is 0 Å². The van der Waals surface area contributed by atoms with Crippen LogP contribution in [-0.4, -0.2) is 70.7 Å². The first-order chi connectivity index (χ1) is 13.5. The van der Waals surface area contributed by atoms with Crippen molar-refractivity contribution >= 4 is 17.5 Å². The van der Waals surface area contributed by atoms with Gasteiger partial charge in [0.1, 0.15) is 19.2 Å². The van der Waals surface area contributed by atoms with Crippen molar-refractivity contribution in [2.75, 3.05) is 31.6 Å². The third kappa shape index (κ3) is 6.74. The molecule has 164 valence electrons. The molecule has 3 atom stereocenters. The summed E-state index contributed by atoms with van der Waals surface area (Å²) in [6.07, 6.45) is -2.33. The van der Waals surface area contributed by atoms with Crippen molar-refractivity contribution in [3.05, 3.63) is 33.0 Å². The summed E-state index contributed by atoms with van der Waals surface area (Å²) in [4.78, 5) is 15.4. The number of hydrogen-bond acceptors (Lipinski definition) is 8. The molecule has 0 spiro atoms. The Kier molecular flexibility index (Phi) is 9.63. The van der Waals surface area contributed by atoms with Gasteiger partial charge < -0.3 is 41.1 Å². The molecular weight excluding hydrogens is 382 g/mol. The van der Waals surface area contributed by atoms with E-state index in [1.165, 1.54) is 6.92 Å². The third-order valence-electron chi connectivity index (χ3n) is 4.62. The molecule has 3 unspecified atom stereocenters. The fourth-order valence-corrected chi connectivity index (χ4v) is 3.14. The topological polar surface area (TPSA) is 173 Å². The summed E-state index contributed by atoms with van der Waals surface area (Å²) in [6.45, 7) is 4.66. The van der Waals surface area contributed by atoms with Gasteiger partial charge in [-0.15, -0.1) is 0 Å². The molecule has 29 heavy (non-hydrogen) atoms. The molecule has 0 radical (unpaired) electrons. The first kappa shape index (κ1) is 25.0. The van der Waals surface area contributed by atoms with E-state index in [2.05, 4.69) is 10.3 Å². The number of amides is 1. The van der Waals surface area contributed by atoms with Gasteiger partial charge in [0.15, 0.2) is 0 Å². The predicted octanol–water partition coefficient (Wildman–Crippen LogP) is -2.73. The number of aliphatic hydroxyl groups excluding tert-OH is 4. The van der Waals surface area contributed by atoms with Crippen LogP contribution >= 0.6 is 0 Å². The van der Waals surface area contributed by atoms with Gasteiger partial charge in [-0.2, -0.15) is 0 Å². The Morgan fingerprint density at radius 1 is 1.10 bits per heavy atom. The van der Waals surface area contributed by atoms with Crippen molar-refractivity contribution < 1.29 is 35.4 Å². The minimum atomic E-state index is -1.17. The fraction of sp³-hybridized carbons (Fsp3) is 0.579. The fourth-order valence-electron chi connectivity index (χ4n) is 3.14. The molecule has 6 N–H and O–H groups in total. The van der Waals surface area contributed by atoms with Crippen molar-refractivity contribution in [1.82, 2.24) is 0 Å². The molecule has 0 aliphatic rings. The number of aliphatic imine (C=N–C) groups is 1. The van der Waals surface area contributed by atoms with Crippen LogP contribution < -0.4 is 15.5 Å². The zero-order valence-electron chi connectivity index (χ0n) is 17.2. The zero-order chi connectivity index (χ0) is 22.3. The van der Waals surface area contributed by atoms with Crippen LogP contribution in [0, 0.1) is 26.0 Å². The summed E-state index contributed by atoms with van der Waals surface area (Å²) in [6, 6.07) is 0. The average Bonchev–Trinajstić information content (AvgIpc) is 2.66. The quantitative estimate of drug-likeness (QED) is 0.137. The number of aliphatic hydroxyl groups is 4.